The van der Waals surface area contributed by atoms with Crippen LogP contribution in [-0.4, -0.2) is 31.5 Å². The van der Waals surface area contributed by atoms with Crippen LogP contribution in [0.1, 0.15) is 17.0 Å². The third kappa shape index (κ3) is 2.67. The highest BCUT2D eigenvalue weighted by molar-refractivity contribution is 5.99. The molecule has 1 atom stereocenters. The van der Waals surface area contributed by atoms with Crippen molar-refractivity contribution < 1.29 is 18.7 Å². The van der Waals surface area contributed by atoms with Crippen LogP contribution in [-0.2, 0) is 4.79 Å². The zero-order valence-corrected chi connectivity index (χ0v) is 12.1. The minimum atomic E-state index is -0.600. The number of nitrogens with one attached hydrogen (secondary N) is 1. The van der Waals surface area contributed by atoms with Crippen LogP contribution in [0.4, 0.5) is 5.69 Å². The molecule has 0 spiro atoms. The van der Waals surface area contributed by atoms with Gasteiger partial charge in [-0.05, 0) is 24.3 Å². The van der Waals surface area contributed by atoms with Gasteiger partial charge in [-0.15, -0.1) is 0 Å². The van der Waals surface area contributed by atoms with Gasteiger partial charge in [-0.3, -0.25) is 9.59 Å². The van der Waals surface area contributed by atoms with E-state index in [1.54, 1.807) is 24.1 Å². The smallest absolute Gasteiger partial charge is 0.286 e. The molecule has 1 N–H and O–H groups in total. The van der Waals surface area contributed by atoms with Crippen molar-refractivity contribution in [3.8, 4) is 5.75 Å². The number of para-hydroxylation sites is 2. The molecule has 1 aliphatic heterocycles. The summed E-state index contributed by atoms with van der Waals surface area (Å²) in [6, 6.07) is 10.6. The molecule has 3 rings (SSSR count). The summed E-state index contributed by atoms with van der Waals surface area (Å²) in [5.41, 5.74) is 0.753. The summed E-state index contributed by atoms with van der Waals surface area (Å²) in [5.74, 6) is 0.498. The Bertz CT molecular complexity index is 681. The van der Waals surface area contributed by atoms with Gasteiger partial charge in [0.05, 0.1) is 12.0 Å². The fourth-order valence-corrected chi connectivity index (χ4v) is 2.37. The first-order valence-electron chi connectivity index (χ1n) is 7.02. The zero-order valence-electron chi connectivity index (χ0n) is 12.1. The van der Waals surface area contributed by atoms with Crippen molar-refractivity contribution >= 4 is 17.5 Å². The number of carbonyl (C=O) groups is 2. The molecule has 2 heterocycles. The SMILES string of the molecule is CN1C(=O)C(CCNC(=O)c2ccco2)Oc2ccccc21. The summed E-state index contributed by atoms with van der Waals surface area (Å²) in [5, 5.41) is 2.71. The number of benzene rings is 1. The fraction of sp³-hybridized carbons (Fsp3) is 0.250. The zero-order chi connectivity index (χ0) is 15.5. The van der Waals surface area contributed by atoms with Crippen LogP contribution in [0, 0.1) is 0 Å². The first-order chi connectivity index (χ1) is 10.7. The van der Waals surface area contributed by atoms with Gasteiger partial charge in [-0.25, -0.2) is 0 Å². The summed E-state index contributed by atoms with van der Waals surface area (Å²) in [6.07, 6.45) is 1.23. The predicted molar refractivity (Wildman–Crippen MR) is 79.9 cm³/mol. The van der Waals surface area contributed by atoms with Crippen LogP contribution in [0.3, 0.4) is 0 Å². The molecule has 6 nitrogen and oxygen atoms in total. The molecular weight excluding hydrogens is 284 g/mol. The Morgan fingerprint density at radius 3 is 2.86 bits per heavy atom. The number of anilines is 1. The number of hydrogen-bond donors (Lipinski definition) is 1. The Kier molecular flexibility index (Phi) is 3.82. The molecule has 114 valence electrons. The predicted octanol–water partition coefficient (Wildman–Crippen LogP) is 1.82. The normalized spacial score (nSPS) is 16.9. The molecule has 0 fully saturated rings. The maximum absolute atomic E-state index is 12.3. The van der Waals surface area contributed by atoms with Gasteiger partial charge < -0.3 is 19.4 Å². The number of furan rings is 1. The highest BCUT2D eigenvalue weighted by atomic mass is 16.5. The summed E-state index contributed by atoms with van der Waals surface area (Å²) < 4.78 is 10.7. The van der Waals surface area contributed by atoms with E-state index in [0.29, 0.717) is 18.7 Å². The lowest BCUT2D eigenvalue weighted by molar-refractivity contribution is -0.126. The second kappa shape index (κ2) is 5.93. The molecule has 22 heavy (non-hydrogen) atoms. The van der Waals surface area contributed by atoms with Gasteiger partial charge in [0.15, 0.2) is 11.9 Å². The van der Waals surface area contributed by atoms with E-state index in [-0.39, 0.29) is 17.6 Å². The van der Waals surface area contributed by atoms with E-state index >= 15 is 0 Å². The Balaban J connectivity index is 1.59. The number of hydrogen-bond acceptors (Lipinski definition) is 4. The first kappa shape index (κ1) is 14.2. The second-order valence-electron chi connectivity index (χ2n) is 4.99. The van der Waals surface area contributed by atoms with Crippen LogP contribution in [0.25, 0.3) is 0 Å². The first-order valence-corrected chi connectivity index (χ1v) is 7.02. The Morgan fingerprint density at radius 2 is 2.09 bits per heavy atom. The lowest BCUT2D eigenvalue weighted by Gasteiger charge is -2.31. The van der Waals surface area contributed by atoms with Crippen LogP contribution < -0.4 is 15.0 Å². The van der Waals surface area contributed by atoms with Crippen molar-refractivity contribution in [2.24, 2.45) is 0 Å². The van der Waals surface area contributed by atoms with Gasteiger partial charge in [0.1, 0.15) is 5.75 Å². The van der Waals surface area contributed by atoms with Gasteiger partial charge in [0.2, 0.25) is 0 Å². The van der Waals surface area contributed by atoms with Crippen LogP contribution in [0.2, 0.25) is 0 Å². The molecule has 0 saturated heterocycles. The van der Waals surface area contributed by atoms with Crippen molar-refractivity contribution in [2.75, 3.05) is 18.5 Å². The lowest BCUT2D eigenvalue weighted by atomic mass is 10.1. The molecular formula is C16H16N2O4. The minimum absolute atomic E-state index is 0.119. The van der Waals surface area contributed by atoms with Crippen molar-refractivity contribution in [1.29, 1.82) is 0 Å². The van der Waals surface area contributed by atoms with Crippen molar-refractivity contribution in [1.82, 2.24) is 5.32 Å². The highest BCUT2D eigenvalue weighted by Crippen LogP contribution is 2.33. The fourth-order valence-electron chi connectivity index (χ4n) is 2.37. The summed E-state index contributed by atoms with van der Waals surface area (Å²) in [4.78, 5) is 25.6. The topological polar surface area (TPSA) is 71.8 Å². The van der Waals surface area contributed by atoms with Crippen molar-refractivity contribution in [3.05, 3.63) is 48.4 Å². The third-order valence-electron chi connectivity index (χ3n) is 3.54. The van der Waals surface area contributed by atoms with Crippen molar-refractivity contribution in [2.45, 2.75) is 12.5 Å². The molecule has 1 aromatic carbocycles. The average Bonchev–Trinajstić information content (AvgIpc) is 3.06. The number of ether oxygens (including phenoxy) is 1. The third-order valence-corrected chi connectivity index (χ3v) is 3.54. The average molecular weight is 300 g/mol. The molecule has 0 saturated carbocycles. The molecule has 0 radical (unpaired) electrons. The molecule has 1 aliphatic rings. The number of amides is 2. The van der Waals surface area contributed by atoms with Crippen molar-refractivity contribution in [3.63, 3.8) is 0 Å². The van der Waals surface area contributed by atoms with Gasteiger partial charge in [-0.1, -0.05) is 12.1 Å². The van der Waals surface area contributed by atoms with E-state index in [1.165, 1.54) is 6.26 Å². The standard InChI is InChI=1S/C16H16N2O4/c1-18-11-5-2-3-6-12(11)22-14(16(18)20)8-9-17-15(19)13-7-4-10-21-13/h2-7,10,14H,8-9H2,1H3,(H,17,19). The number of fused-ring (bicyclic) bond motifs is 1. The van der Waals surface area contributed by atoms with Gasteiger partial charge in [0, 0.05) is 20.0 Å². The van der Waals surface area contributed by atoms with Gasteiger partial charge >= 0.3 is 0 Å². The van der Waals surface area contributed by atoms with E-state index in [9.17, 15) is 9.59 Å². The van der Waals surface area contributed by atoms with E-state index in [0.717, 1.165) is 5.69 Å². The van der Waals surface area contributed by atoms with Gasteiger partial charge in [0.25, 0.3) is 11.8 Å². The van der Waals surface area contributed by atoms with Crippen LogP contribution in [0.5, 0.6) is 5.75 Å². The molecule has 1 aromatic heterocycles. The lowest BCUT2D eigenvalue weighted by Crippen LogP contribution is -2.45. The van der Waals surface area contributed by atoms with E-state index < -0.39 is 6.10 Å². The minimum Gasteiger partial charge on any atom is -0.478 e. The van der Waals surface area contributed by atoms with E-state index in [4.69, 9.17) is 9.15 Å². The second-order valence-corrected chi connectivity index (χ2v) is 4.99. The quantitative estimate of drug-likeness (QED) is 0.935. The highest BCUT2D eigenvalue weighted by Gasteiger charge is 2.31. The number of carbonyl (C=O) groups excluding carboxylic acids is 2. The van der Waals surface area contributed by atoms with Gasteiger partial charge in [-0.2, -0.15) is 0 Å². The molecule has 0 aliphatic carbocycles. The molecule has 2 aromatic rings. The Morgan fingerprint density at radius 1 is 1.27 bits per heavy atom. The summed E-state index contributed by atoms with van der Waals surface area (Å²) >= 11 is 0. The molecule has 2 amide bonds. The molecule has 1 unspecified atom stereocenters. The largest absolute Gasteiger partial charge is 0.478 e. The number of nitrogens with zero attached hydrogens (tertiary/aromatic N) is 1. The monoisotopic (exact) mass is 300 g/mol. The van der Waals surface area contributed by atoms with Crippen LogP contribution >= 0.6 is 0 Å². The number of rotatable bonds is 4. The summed E-state index contributed by atoms with van der Waals surface area (Å²) in [6.45, 7) is 0.325. The number of likely N-dealkylation sites (N-methyl/N-ethyl adjacent to an activating group) is 1. The maximum atomic E-state index is 12.3. The Labute approximate surface area is 127 Å². The van der Waals surface area contributed by atoms with E-state index in [1.807, 2.05) is 24.3 Å². The maximum Gasteiger partial charge on any atom is 0.286 e. The van der Waals surface area contributed by atoms with Crippen LogP contribution in [0.15, 0.2) is 47.1 Å². The molecule has 0 bridgehead atoms. The molecule has 6 heteroatoms. The Hall–Kier alpha value is -2.76. The summed E-state index contributed by atoms with van der Waals surface area (Å²) in [7, 11) is 1.72. The van der Waals surface area contributed by atoms with E-state index in [2.05, 4.69) is 5.32 Å².